The lowest BCUT2D eigenvalue weighted by atomic mass is 10.5. The predicted octanol–water partition coefficient (Wildman–Crippen LogP) is -1.23. The molecule has 0 atom stereocenters. The maximum Gasteiger partial charge on any atom is 0.336 e. The first-order valence-electron chi connectivity index (χ1n) is 2.88. The fourth-order valence-electron chi connectivity index (χ4n) is 0.794. The van der Waals surface area contributed by atoms with Crippen molar-refractivity contribution in [2.75, 3.05) is 14.2 Å². The molecule has 1 heterocycles. The lowest BCUT2D eigenvalue weighted by Gasteiger charge is -2.20. The van der Waals surface area contributed by atoms with Crippen molar-refractivity contribution in [3.05, 3.63) is 0 Å². The second-order valence-corrected chi connectivity index (χ2v) is 1.93. The van der Waals surface area contributed by atoms with E-state index in [4.69, 9.17) is 0 Å². The van der Waals surface area contributed by atoms with Crippen LogP contribution < -0.4 is 10.6 Å². The van der Waals surface area contributed by atoms with Crippen LogP contribution >= 0.6 is 0 Å². The zero-order valence-corrected chi connectivity index (χ0v) is 6.13. The minimum Gasteiger partial charge on any atom is -0.329 e. The van der Waals surface area contributed by atoms with Crippen molar-refractivity contribution in [3.63, 3.8) is 0 Å². The van der Waals surface area contributed by atoms with E-state index in [9.17, 15) is 9.59 Å². The second kappa shape index (κ2) is 2.48. The molecule has 1 fully saturated rings. The van der Waals surface area contributed by atoms with Gasteiger partial charge in [0.25, 0.3) is 0 Å². The van der Waals surface area contributed by atoms with Crippen molar-refractivity contribution < 1.29 is 19.1 Å². The van der Waals surface area contributed by atoms with Gasteiger partial charge in [-0.2, -0.15) is 0 Å². The number of hydrogen-bond donors (Lipinski definition) is 2. The molecule has 1 saturated heterocycles. The third-order valence-corrected chi connectivity index (χ3v) is 1.38. The Morgan fingerprint density at radius 1 is 1.27 bits per heavy atom. The number of urea groups is 1. The summed E-state index contributed by atoms with van der Waals surface area (Å²) in [7, 11) is 2.52. The van der Waals surface area contributed by atoms with Crippen LogP contribution in [0, 0.1) is 0 Å². The molecular formula is C5H8N2O4. The summed E-state index contributed by atoms with van der Waals surface area (Å²) in [6.45, 7) is 0. The maximum absolute atomic E-state index is 10.9. The number of methoxy groups -OCH3 is 2. The monoisotopic (exact) mass is 160 g/mol. The molecule has 0 aromatic heterocycles. The van der Waals surface area contributed by atoms with Gasteiger partial charge >= 0.3 is 17.8 Å². The number of nitrogens with one attached hydrogen (secondary N) is 2. The van der Waals surface area contributed by atoms with Gasteiger partial charge in [0, 0.05) is 14.2 Å². The van der Waals surface area contributed by atoms with E-state index in [0.717, 1.165) is 0 Å². The molecule has 2 N–H and O–H groups in total. The van der Waals surface area contributed by atoms with Gasteiger partial charge in [0.05, 0.1) is 0 Å². The molecule has 6 heteroatoms. The van der Waals surface area contributed by atoms with Crippen LogP contribution in [0.4, 0.5) is 4.79 Å². The lowest BCUT2D eigenvalue weighted by Crippen LogP contribution is -2.50. The van der Waals surface area contributed by atoms with Gasteiger partial charge in [-0.15, -0.1) is 0 Å². The van der Waals surface area contributed by atoms with Crippen LogP contribution in [0.3, 0.4) is 0 Å². The molecule has 6 nitrogen and oxygen atoms in total. The zero-order valence-electron chi connectivity index (χ0n) is 6.13. The van der Waals surface area contributed by atoms with Crippen molar-refractivity contribution in [2.45, 2.75) is 5.91 Å². The van der Waals surface area contributed by atoms with E-state index in [1.54, 1.807) is 0 Å². The highest BCUT2D eigenvalue weighted by Crippen LogP contribution is 2.10. The summed E-state index contributed by atoms with van der Waals surface area (Å²) in [5.74, 6) is -2.29. The van der Waals surface area contributed by atoms with Gasteiger partial charge in [-0.25, -0.2) is 4.79 Å². The molecule has 0 radical (unpaired) electrons. The van der Waals surface area contributed by atoms with Gasteiger partial charge in [0.1, 0.15) is 0 Å². The summed E-state index contributed by atoms with van der Waals surface area (Å²) < 4.78 is 9.33. The average molecular weight is 160 g/mol. The minimum absolute atomic E-state index is 0.626. The van der Waals surface area contributed by atoms with Gasteiger partial charge in [-0.3, -0.25) is 15.4 Å². The highest BCUT2D eigenvalue weighted by Gasteiger charge is 2.47. The molecule has 0 aromatic carbocycles. The Morgan fingerprint density at radius 2 is 1.82 bits per heavy atom. The van der Waals surface area contributed by atoms with Crippen molar-refractivity contribution in [3.8, 4) is 0 Å². The quantitative estimate of drug-likeness (QED) is 0.392. The number of ether oxygens (including phenoxy) is 2. The van der Waals surface area contributed by atoms with Crippen LogP contribution in [0.1, 0.15) is 0 Å². The molecule has 0 aromatic rings. The van der Waals surface area contributed by atoms with Crippen LogP contribution in [0.2, 0.25) is 0 Å². The van der Waals surface area contributed by atoms with Crippen molar-refractivity contribution in [2.24, 2.45) is 0 Å². The predicted molar refractivity (Wildman–Crippen MR) is 33.4 cm³/mol. The van der Waals surface area contributed by atoms with Gasteiger partial charge in [0.15, 0.2) is 0 Å². The smallest absolute Gasteiger partial charge is 0.329 e. The molecule has 0 aliphatic carbocycles. The summed E-state index contributed by atoms with van der Waals surface area (Å²) in [4.78, 5) is 21.5. The number of carbonyl (C=O) groups excluding carboxylic acids is 2. The fourth-order valence-corrected chi connectivity index (χ4v) is 0.794. The summed E-state index contributed by atoms with van der Waals surface area (Å²) >= 11 is 0. The highest BCUT2D eigenvalue weighted by atomic mass is 16.7. The SMILES string of the molecule is COC1(OC)NC(=O)NC1=O. The standard InChI is InChI=1S/C5H8N2O4/c1-10-5(11-2)3(8)6-4(9)7-5/h1-2H3,(H2,6,7,8,9). The third-order valence-electron chi connectivity index (χ3n) is 1.38. The first kappa shape index (κ1) is 7.96. The topological polar surface area (TPSA) is 76.7 Å². The Balaban J connectivity index is 2.84. The average Bonchev–Trinajstić information content (AvgIpc) is 2.27. The van der Waals surface area contributed by atoms with E-state index in [1.807, 2.05) is 5.32 Å². The number of hydrogen-bond acceptors (Lipinski definition) is 4. The molecule has 1 rings (SSSR count). The van der Waals surface area contributed by atoms with E-state index < -0.39 is 17.8 Å². The molecule has 0 unspecified atom stereocenters. The van der Waals surface area contributed by atoms with E-state index in [1.165, 1.54) is 14.2 Å². The van der Waals surface area contributed by atoms with Crippen LogP contribution in [0.5, 0.6) is 0 Å². The summed E-state index contributed by atoms with van der Waals surface area (Å²) in [6.07, 6.45) is 0. The number of rotatable bonds is 2. The van der Waals surface area contributed by atoms with Crippen LogP contribution in [0.25, 0.3) is 0 Å². The van der Waals surface area contributed by atoms with Crippen LogP contribution in [-0.4, -0.2) is 32.1 Å². The zero-order chi connectivity index (χ0) is 8.48. The summed E-state index contributed by atoms with van der Waals surface area (Å²) in [5.41, 5.74) is 0. The van der Waals surface area contributed by atoms with Gasteiger partial charge < -0.3 is 9.47 Å². The summed E-state index contributed by atoms with van der Waals surface area (Å²) in [6, 6.07) is -0.626. The first-order valence-corrected chi connectivity index (χ1v) is 2.88. The van der Waals surface area contributed by atoms with Gasteiger partial charge in [-0.05, 0) is 0 Å². The number of amides is 3. The normalized spacial score (nSPS) is 21.3. The van der Waals surface area contributed by atoms with Crippen molar-refractivity contribution in [1.29, 1.82) is 0 Å². The molecule has 0 bridgehead atoms. The lowest BCUT2D eigenvalue weighted by molar-refractivity contribution is -0.209. The van der Waals surface area contributed by atoms with E-state index in [-0.39, 0.29) is 0 Å². The fraction of sp³-hybridized carbons (Fsp3) is 0.600. The second-order valence-electron chi connectivity index (χ2n) is 1.93. The molecule has 3 amide bonds. The molecule has 1 aliphatic heterocycles. The Morgan fingerprint density at radius 3 is 2.00 bits per heavy atom. The van der Waals surface area contributed by atoms with E-state index in [0.29, 0.717) is 0 Å². The largest absolute Gasteiger partial charge is 0.336 e. The first-order chi connectivity index (χ1) is 5.14. The Hall–Kier alpha value is -1.14. The minimum atomic E-state index is -1.64. The molecule has 0 spiro atoms. The molecule has 62 valence electrons. The molecule has 1 aliphatic rings. The Kier molecular flexibility index (Phi) is 1.79. The van der Waals surface area contributed by atoms with Gasteiger partial charge in [-0.1, -0.05) is 0 Å². The van der Waals surface area contributed by atoms with E-state index >= 15 is 0 Å². The van der Waals surface area contributed by atoms with E-state index in [2.05, 4.69) is 14.8 Å². The molecule has 11 heavy (non-hydrogen) atoms. The highest BCUT2D eigenvalue weighted by molar-refractivity contribution is 6.05. The Labute approximate surface area is 62.8 Å². The molecular weight excluding hydrogens is 152 g/mol. The third kappa shape index (κ3) is 1.06. The van der Waals surface area contributed by atoms with Crippen LogP contribution in [0.15, 0.2) is 0 Å². The van der Waals surface area contributed by atoms with Crippen LogP contribution in [-0.2, 0) is 14.3 Å². The number of imide groups is 1. The van der Waals surface area contributed by atoms with Crippen molar-refractivity contribution >= 4 is 11.9 Å². The maximum atomic E-state index is 10.9. The number of carbonyl (C=O) groups is 2. The summed E-state index contributed by atoms with van der Waals surface area (Å²) in [5, 5.41) is 4.14. The Bertz CT molecular complexity index is 199. The van der Waals surface area contributed by atoms with Gasteiger partial charge in [0.2, 0.25) is 0 Å². The van der Waals surface area contributed by atoms with Crippen molar-refractivity contribution in [1.82, 2.24) is 10.6 Å². The molecule has 0 saturated carbocycles.